The fourth-order valence-corrected chi connectivity index (χ4v) is 2.84. The molecule has 0 aliphatic carbocycles. The van der Waals surface area contributed by atoms with Gasteiger partial charge in [0, 0.05) is 24.9 Å². The lowest BCUT2D eigenvalue weighted by Crippen LogP contribution is -2.20. The highest BCUT2D eigenvalue weighted by molar-refractivity contribution is 7.99. The van der Waals surface area contributed by atoms with Gasteiger partial charge in [-0.1, -0.05) is 0 Å². The number of thioether (sulfide) groups is 1. The third kappa shape index (κ3) is 2.79. The summed E-state index contributed by atoms with van der Waals surface area (Å²) in [6.45, 7) is 0. The second-order valence-electron chi connectivity index (χ2n) is 3.78. The van der Waals surface area contributed by atoms with Crippen molar-refractivity contribution in [2.75, 3.05) is 29.2 Å². The Hall–Kier alpha value is -1.50. The standard InChI is InChI=1S/C10H14N4O2S/c1-11-9-3-2-8(14(15)16)10(13-9)12-7-4-5-17-6-7/h2-3,7H,4-6H2,1H3,(H2,11,12,13). The summed E-state index contributed by atoms with van der Waals surface area (Å²) < 4.78 is 0. The normalized spacial score (nSPS) is 19.0. The molecule has 0 spiro atoms. The van der Waals surface area contributed by atoms with E-state index in [1.54, 1.807) is 13.1 Å². The molecule has 2 heterocycles. The van der Waals surface area contributed by atoms with Crippen LogP contribution in [-0.4, -0.2) is 34.5 Å². The van der Waals surface area contributed by atoms with Crippen LogP contribution in [0.3, 0.4) is 0 Å². The fraction of sp³-hybridized carbons (Fsp3) is 0.500. The monoisotopic (exact) mass is 254 g/mol. The predicted molar refractivity (Wildman–Crippen MR) is 69.8 cm³/mol. The molecule has 1 saturated heterocycles. The highest BCUT2D eigenvalue weighted by atomic mass is 32.2. The maximum atomic E-state index is 10.9. The van der Waals surface area contributed by atoms with Crippen molar-refractivity contribution in [2.24, 2.45) is 0 Å². The van der Waals surface area contributed by atoms with Crippen LogP contribution < -0.4 is 10.6 Å². The first-order valence-electron chi connectivity index (χ1n) is 5.38. The van der Waals surface area contributed by atoms with Gasteiger partial charge in [-0.15, -0.1) is 0 Å². The van der Waals surface area contributed by atoms with Crippen molar-refractivity contribution in [1.29, 1.82) is 0 Å². The van der Waals surface area contributed by atoms with Crippen molar-refractivity contribution in [3.63, 3.8) is 0 Å². The molecule has 0 radical (unpaired) electrons. The summed E-state index contributed by atoms with van der Waals surface area (Å²) in [6.07, 6.45) is 1.02. The molecule has 1 aliphatic rings. The van der Waals surface area contributed by atoms with Gasteiger partial charge in [0.05, 0.1) is 4.92 Å². The van der Waals surface area contributed by atoms with Gasteiger partial charge in [-0.05, 0) is 18.2 Å². The van der Waals surface area contributed by atoms with Crippen LogP contribution in [0.2, 0.25) is 0 Å². The second-order valence-corrected chi connectivity index (χ2v) is 4.93. The number of nitro groups is 1. The SMILES string of the molecule is CNc1ccc([N+](=O)[O-])c(NC2CCSC2)n1. The average Bonchev–Trinajstić information content (AvgIpc) is 2.81. The number of nitrogens with zero attached hydrogens (tertiary/aromatic N) is 2. The number of pyridine rings is 1. The predicted octanol–water partition coefficient (Wildman–Crippen LogP) is 1.95. The zero-order valence-corrected chi connectivity index (χ0v) is 10.3. The molecule has 6 nitrogen and oxygen atoms in total. The minimum atomic E-state index is -0.406. The molecule has 1 atom stereocenters. The summed E-state index contributed by atoms with van der Waals surface area (Å²) in [5.74, 6) is 3.05. The van der Waals surface area contributed by atoms with Crippen LogP contribution in [0.25, 0.3) is 0 Å². The molecule has 1 aromatic rings. The van der Waals surface area contributed by atoms with Crippen LogP contribution in [0.4, 0.5) is 17.3 Å². The van der Waals surface area contributed by atoms with E-state index in [-0.39, 0.29) is 11.7 Å². The number of hydrogen-bond donors (Lipinski definition) is 2. The van der Waals surface area contributed by atoms with Gasteiger partial charge in [0.15, 0.2) is 0 Å². The van der Waals surface area contributed by atoms with Crippen LogP contribution in [0.5, 0.6) is 0 Å². The van der Waals surface area contributed by atoms with Crippen molar-refractivity contribution >= 4 is 29.1 Å². The Morgan fingerprint density at radius 1 is 1.59 bits per heavy atom. The van der Waals surface area contributed by atoms with Crippen LogP contribution in [-0.2, 0) is 0 Å². The summed E-state index contributed by atoms with van der Waals surface area (Å²) in [5, 5.41) is 16.9. The third-order valence-corrected chi connectivity index (χ3v) is 3.76. The zero-order chi connectivity index (χ0) is 12.3. The molecule has 1 aromatic heterocycles. The number of nitrogens with one attached hydrogen (secondary N) is 2. The van der Waals surface area contributed by atoms with Crippen LogP contribution in [0.1, 0.15) is 6.42 Å². The average molecular weight is 254 g/mol. The lowest BCUT2D eigenvalue weighted by atomic mass is 10.2. The van der Waals surface area contributed by atoms with Crippen molar-refractivity contribution in [1.82, 2.24) is 4.98 Å². The number of hydrogen-bond acceptors (Lipinski definition) is 6. The maximum Gasteiger partial charge on any atom is 0.311 e. The van der Waals surface area contributed by atoms with E-state index in [0.29, 0.717) is 11.6 Å². The minimum Gasteiger partial charge on any atom is -0.373 e. The van der Waals surface area contributed by atoms with Crippen molar-refractivity contribution in [3.8, 4) is 0 Å². The van der Waals surface area contributed by atoms with Crippen LogP contribution in [0, 0.1) is 10.1 Å². The molecule has 0 saturated carbocycles. The Bertz CT molecular complexity index is 421. The lowest BCUT2D eigenvalue weighted by Gasteiger charge is -2.12. The summed E-state index contributed by atoms with van der Waals surface area (Å²) in [7, 11) is 1.74. The van der Waals surface area contributed by atoms with Crippen molar-refractivity contribution in [3.05, 3.63) is 22.2 Å². The molecule has 0 amide bonds. The maximum absolute atomic E-state index is 10.9. The van der Waals surface area contributed by atoms with E-state index in [0.717, 1.165) is 17.9 Å². The number of rotatable bonds is 4. The van der Waals surface area contributed by atoms with Gasteiger partial charge in [-0.25, -0.2) is 4.98 Å². The molecule has 0 bridgehead atoms. The smallest absolute Gasteiger partial charge is 0.311 e. The van der Waals surface area contributed by atoms with E-state index in [2.05, 4.69) is 15.6 Å². The summed E-state index contributed by atoms with van der Waals surface area (Å²) >= 11 is 1.85. The summed E-state index contributed by atoms with van der Waals surface area (Å²) in [6, 6.07) is 3.36. The molecule has 17 heavy (non-hydrogen) atoms. The number of anilines is 2. The van der Waals surface area contributed by atoms with Crippen molar-refractivity contribution < 1.29 is 4.92 Å². The van der Waals surface area contributed by atoms with Gasteiger partial charge in [0.1, 0.15) is 5.82 Å². The third-order valence-electron chi connectivity index (χ3n) is 2.60. The Morgan fingerprint density at radius 2 is 2.41 bits per heavy atom. The molecule has 2 N–H and O–H groups in total. The van der Waals surface area contributed by atoms with Gasteiger partial charge in [-0.2, -0.15) is 11.8 Å². The van der Waals surface area contributed by atoms with E-state index in [1.807, 2.05) is 11.8 Å². The van der Waals surface area contributed by atoms with Gasteiger partial charge in [0.2, 0.25) is 5.82 Å². The first-order valence-corrected chi connectivity index (χ1v) is 6.53. The molecule has 7 heteroatoms. The Labute approximate surface area is 103 Å². The second kappa shape index (κ2) is 5.22. The highest BCUT2D eigenvalue weighted by Crippen LogP contribution is 2.27. The van der Waals surface area contributed by atoms with Gasteiger partial charge < -0.3 is 10.6 Å². The van der Waals surface area contributed by atoms with Crippen molar-refractivity contribution in [2.45, 2.75) is 12.5 Å². The van der Waals surface area contributed by atoms with E-state index < -0.39 is 4.92 Å². The Kier molecular flexibility index (Phi) is 3.68. The quantitative estimate of drug-likeness (QED) is 0.631. The van der Waals surface area contributed by atoms with E-state index in [9.17, 15) is 10.1 Å². The minimum absolute atomic E-state index is 0.0286. The highest BCUT2D eigenvalue weighted by Gasteiger charge is 2.21. The summed E-state index contributed by atoms with van der Waals surface area (Å²) in [5.41, 5.74) is 0.0286. The largest absolute Gasteiger partial charge is 0.373 e. The lowest BCUT2D eigenvalue weighted by molar-refractivity contribution is -0.384. The zero-order valence-electron chi connectivity index (χ0n) is 9.47. The molecule has 1 aliphatic heterocycles. The van der Waals surface area contributed by atoms with Gasteiger partial charge in [0.25, 0.3) is 0 Å². The van der Waals surface area contributed by atoms with Gasteiger partial charge in [-0.3, -0.25) is 10.1 Å². The molecular weight excluding hydrogens is 240 g/mol. The molecule has 1 unspecified atom stereocenters. The van der Waals surface area contributed by atoms with E-state index >= 15 is 0 Å². The van der Waals surface area contributed by atoms with Gasteiger partial charge >= 0.3 is 5.69 Å². The molecular formula is C10H14N4O2S. The number of aromatic nitrogens is 1. The molecule has 92 valence electrons. The van der Waals surface area contributed by atoms with E-state index in [1.165, 1.54) is 6.07 Å². The fourth-order valence-electron chi connectivity index (χ4n) is 1.69. The van der Waals surface area contributed by atoms with Crippen LogP contribution in [0.15, 0.2) is 12.1 Å². The Balaban J connectivity index is 2.24. The first kappa shape index (κ1) is 12.0. The topological polar surface area (TPSA) is 80.1 Å². The summed E-state index contributed by atoms with van der Waals surface area (Å²) in [4.78, 5) is 14.7. The van der Waals surface area contributed by atoms with Crippen LogP contribution >= 0.6 is 11.8 Å². The Morgan fingerprint density at radius 3 is 3.00 bits per heavy atom. The van der Waals surface area contributed by atoms with E-state index in [4.69, 9.17) is 0 Å². The molecule has 0 aromatic carbocycles. The molecule has 1 fully saturated rings. The molecule has 2 rings (SSSR count). The first-order chi connectivity index (χ1) is 8.20.